The maximum atomic E-state index is 13.2. The molecule has 0 aliphatic heterocycles. The Balaban J connectivity index is 1.53. The molecule has 0 unspecified atom stereocenters. The van der Waals surface area contributed by atoms with Crippen molar-refractivity contribution in [3.63, 3.8) is 0 Å². The van der Waals surface area contributed by atoms with Gasteiger partial charge < -0.3 is 10.6 Å². The second kappa shape index (κ2) is 11.6. The summed E-state index contributed by atoms with van der Waals surface area (Å²) in [5.74, 6) is 0.216. The number of alkyl halides is 6. The van der Waals surface area contributed by atoms with E-state index in [4.69, 9.17) is 12.2 Å². The Morgan fingerprint density at radius 3 is 1.79 bits per heavy atom. The Kier molecular flexibility index (Phi) is 8.68. The van der Waals surface area contributed by atoms with E-state index in [1.807, 2.05) is 43.3 Å². The molecular weight excluding hydrogens is 541 g/mol. The molecule has 0 spiro atoms. The Bertz CT molecular complexity index is 1160. The van der Waals surface area contributed by atoms with Gasteiger partial charge in [0.05, 0.1) is 11.1 Å². The third-order valence-electron chi connectivity index (χ3n) is 6.78. The van der Waals surface area contributed by atoms with Crippen molar-refractivity contribution in [3.8, 4) is 0 Å². The van der Waals surface area contributed by atoms with Gasteiger partial charge in [-0.05, 0) is 80.3 Å². The fraction of sp³-hybridized carbons (Fsp3) is 0.321. The van der Waals surface area contributed by atoms with Crippen molar-refractivity contribution in [3.05, 3.63) is 90.0 Å². The van der Waals surface area contributed by atoms with Crippen LogP contribution in [0.5, 0.6) is 0 Å². The third-order valence-corrected chi connectivity index (χ3v) is 10.0. The fourth-order valence-electron chi connectivity index (χ4n) is 5.09. The van der Waals surface area contributed by atoms with Crippen LogP contribution < -0.4 is 21.2 Å². The van der Waals surface area contributed by atoms with E-state index < -0.39 is 31.4 Å². The number of halogens is 6. The Hall–Kier alpha value is -2.64. The molecule has 0 bridgehead atoms. The lowest BCUT2D eigenvalue weighted by molar-refractivity contribution is -0.143. The number of hydrogen-bond donors (Lipinski definition) is 2. The Labute approximate surface area is 224 Å². The second-order valence-electron chi connectivity index (χ2n) is 9.38. The number of anilines is 1. The molecule has 38 heavy (non-hydrogen) atoms. The van der Waals surface area contributed by atoms with Gasteiger partial charge in [0, 0.05) is 11.7 Å². The first-order valence-electron chi connectivity index (χ1n) is 12.2. The molecular formula is C28H27F6N2PS. The summed E-state index contributed by atoms with van der Waals surface area (Å²) in [7, 11) is -0.685. The van der Waals surface area contributed by atoms with Crippen LogP contribution in [0.15, 0.2) is 78.9 Å². The quantitative estimate of drug-likeness (QED) is 0.181. The minimum atomic E-state index is -4.93. The lowest BCUT2D eigenvalue weighted by Crippen LogP contribution is -2.43. The zero-order chi connectivity index (χ0) is 27.5. The van der Waals surface area contributed by atoms with Crippen molar-refractivity contribution in [1.82, 2.24) is 5.32 Å². The molecule has 1 saturated carbocycles. The molecule has 4 rings (SSSR count). The predicted molar refractivity (Wildman–Crippen MR) is 145 cm³/mol. The van der Waals surface area contributed by atoms with Crippen molar-refractivity contribution in [2.75, 3.05) is 5.32 Å². The van der Waals surface area contributed by atoms with Crippen molar-refractivity contribution in [1.29, 1.82) is 0 Å². The normalized spacial score (nSPS) is 18.8. The monoisotopic (exact) mass is 568 g/mol. The van der Waals surface area contributed by atoms with E-state index >= 15 is 0 Å². The number of rotatable bonds is 6. The molecule has 1 aliphatic carbocycles. The summed E-state index contributed by atoms with van der Waals surface area (Å²) in [5.41, 5.74) is -2.81. The second-order valence-corrected chi connectivity index (χ2v) is 12.2. The molecule has 0 heterocycles. The van der Waals surface area contributed by atoms with Gasteiger partial charge in [0.2, 0.25) is 0 Å². The number of hydrogen-bond acceptors (Lipinski definition) is 1. The van der Waals surface area contributed by atoms with Gasteiger partial charge in [-0.1, -0.05) is 67.1 Å². The molecule has 0 radical (unpaired) electrons. The third kappa shape index (κ3) is 6.86. The summed E-state index contributed by atoms with van der Waals surface area (Å²) < 4.78 is 79.5. The summed E-state index contributed by atoms with van der Waals surface area (Å²) >= 11 is 5.33. The first-order valence-corrected chi connectivity index (χ1v) is 14.0. The van der Waals surface area contributed by atoms with Crippen LogP contribution in [-0.4, -0.2) is 16.8 Å². The summed E-state index contributed by atoms with van der Waals surface area (Å²) in [6.45, 7) is 1.97. The smallest absolute Gasteiger partial charge is 0.360 e. The van der Waals surface area contributed by atoms with Crippen LogP contribution in [0.2, 0.25) is 0 Å². The van der Waals surface area contributed by atoms with Gasteiger partial charge in [-0.15, -0.1) is 0 Å². The van der Waals surface area contributed by atoms with Crippen LogP contribution in [0, 0.1) is 5.92 Å². The highest BCUT2D eigenvalue weighted by atomic mass is 32.1. The first kappa shape index (κ1) is 28.4. The van der Waals surface area contributed by atoms with E-state index in [1.165, 1.54) is 10.6 Å². The van der Waals surface area contributed by atoms with Crippen molar-refractivity contribution in [2.45, 2.75) is 50.2 Å². The van der Waals surface area contributed by atoms with Crippen LogP contribution in [-0.2, 0) is 12.4 Å². The molecule has 0 aromatic heterocycles. The molecule has 1 fully saturated rings. The molecule has 3 atom stereocenters. The van der Waals surface area contributed by atoms with Gasteiger partial charge in [0.1, 0.15) is 0 Å². The van der Waals surface area contributed by atoms with Gasteiger partial charge in [-0.3, -0.25) is 0 Å². The molecule has 2 N–H and O–H groups in total. The van der Waals surface area contributed by atoms with E-state index in [0.29, 0.717) is 17.8 Å². The van der Waals surface area contributed by atoms with E-state index in [1.54, 1.807) is 0 Å². The topological polar surface area (TPSA) is 24.1 Å². The van der Waals surface area contributed by atoms with Crippen LogP contribution in [0.4, 0.5) is 32.0 Å². The number of benzene rings is 3. The van der Waals surface area contributed by atoms with E-state index in [0.717, 1.165) is 19.3 Å². The maximum Gasteiger partial charge on any atom is 0.416 e. The summed E-state index contributed by atoms with van der Waals surface area (Å²) in [5, 5.41) is 8.21. The molecule has 10 heteroatoms. The van der Waals surface area contributed by atoms with Gasteiger partial charge in [0.15, 0.2) is 5.11 Å². The Morgan fingerprint density at radius 2 is 1.32 bits per heavy atom. The molecule has 3 aromatic carbocycles. The SMILES string of the molecule is C[C@H](NC(=S)Nc1cc(C(F)(F)F)cc(C(F)(F)F)c1)[C@H]1CCC[C@H]1P(c1ccccc1)c1ccccc1. The van der Waals surface area contributed by atoms with E-state index in [9.17, 15) is 26.3 Å². The average Bonchev–Trinajstić information content (AvgIpc) is 3.34. The van der Waals surface area contributed by atoms with Crippen molar-refractivity contribution < 1.29 is 26.3 Å². The molecule has 2 nitrogen and oxygen atoms in total. The van der Waals surface area contributed by atoms with E-state index in [2.05, 4.69) is 34.9 Å². The highest BCUT2D eigenvalue weighted by molar-refractivity contribution is 7.80. The van der Waals surface area contributed by atoms with Gasteiger partial charge in [-0.25, -0.2) is 0 Å². The molecule has 3 aromatic rings. The first-order chi connectivity index (χ1) is 17.9. The number of nitrogens with one attached hydrogen (secondary N) is 2. The zero-order valence-electron chi connectivity index (χ0n) is 20.5. The van der Waals surface area contributed by atoms with E-state index in [-0.39, 0.29) is 28.8 Å². The summed E-state index contributed by atoms with van der Waals surface area (Å²) in [4.78, 5) is 0. The fourth-order valence-corrected chi connectivity index (χ4v) is 8.68. The van der Waals surface area contributed by atoms with Crippen molar-refractivity contribution >= 4 is 41.5 Å². The Morgan fingerprint density at radius 1 is 0.816 bits per heavy atom. The maximum absolute atomic E-state index is 13.2. The largest absolute Gasteiger partial charge is 0.416 e. The minimum Gasteiger partial charge on any atom is -0.360 e. The van der Waals surface area contributed by atoms with Crippen LogP contribution in [0.3, 0.4) is 0 Å². The van der Waals surface area contributed by atoms with Gasteiger partial charge >= 0.3 is 12.4 Å². The van der Waals surface area contributed by atoms with Crippen LogP contribution in [0.1, 0.15) is 37.3 Å². The predicted octanol–water partition coefficient (Wildman–Crippen LogP) is 7.70. The zero-order valence-corrected chi connectivity index (χ0v) is 22.2. The van der Waals surface area contributed by atoms with Crippen molar-refractivity contribution in [2.24, 2.45) is 5.92 Å². The number of thiocarbonyl (C=S) groups is 1. The van der Waals surface area contributed by atoms with Gasteiger partial charge in [0.25, 0.3) is 0 Å². The lowest BCUT2D eigenvalue weighted by atomic mass is 9.99. The highest BCUT2D eigenvalue weighted by Gasteiger charge is 2.39. The lowest BCUT2D eigenvalue weighted by Gasteiger charge is -2.34. The molecule has 0 amide bonds. The van der Waals surface area contributed by atoms with Crippen LogP contribution in [0.25, 0.3) is 0 Å². The minimum absolute atomic E-state index is 0.0145. The summed E-state index contributed by atoms with van der Waals surface area (Å²) in [6, 6.07) is 21.9. The molecule has 1 aliphatic rings. The van der Waals surface area contributed by atoms with Gasteiger partial charge in [-0.2, -0.15) is 26.3 Å². The average molecular weight is 569 g/mol. The standard InChI is InChI=1S/C28H27F6N2PS/c1-18(35-26(38)36-21-16-19(27(29,30)31)15-20(17-21)28(32,33)34)24-13-8-14-25(24)37(22-9-4-2-5-10-22)23-11-6-3-7-12-23/h2-7,9-12,15-18,24-25H,8,13-14H2,1H3,(H2,35,36,38)/t18-,24+,25+/m0/s1. The summed E-state index contributed by atoms with van der Waals surface area (Å²) in [6.07, 6.45) is -6.86. The van der Waals surface area contributed by atoms with Crippen LogP contribution >= 0.6 is 20.1 Å². The molecule has 202 valence electrons. The molecule has 0 saturated heterocycles. The highest BCUT2D eigenvalue weighted by Crippen LogP contribution is 2.51.